The fraction of sp³-hybridized carbons (Fsp3) is 0.562. The number of amides is 1. The molecule has 3 nitrogen and oxygen atoms in total. The molecule has 2 rings (SSSR count). The molecule has 1 saturated heterocycles. The van der Waals surface area contributed by atoms with E-state index in [1.807, 2.05) is 30.3 Å². The van der Waals surface area contributed by atoms with Crippen molar-refractivity contribution in [2.45, 2.75) is 26.7 Å². The van der Waals surface area contributed by atoms with E-state index in [4.69, 9.17) is 0 Å². The number of anilines is 1. The van der Waals surface area contributed by atoms with Gasteiger partial charge in [0.05, 0.1) is 0 Å². The molecule has 0 aromatic heterocycles. The normalized spacial score (nSPS) is 17.6. The van der Waals surface area contributed by atoms with E-state index in [1.165, 1.54) is 0 Å². The highest BCUT2D eigenvalue weighted by Gasteiger charge is 2.25. The predicted octanol–water partition coefficient (Wildman–Crippen LogP) is 2.99. The van der Waals surface area contributed by atoms with Gasteiger partial charge in [-0.2, -0.15) is 0 Å². The first-order chi connectivity index (χ1) is 9.15. The van der Waals surface area contributed by atoms with E-state index in [2.05, 4.69) is 24.1 Å². The molecule has 1 heterocycles. The molecule has 0 radical (unpaired) electrons. The molecule has 0 unspecified atom stereocenters. The van der Waals surface area contributed by atoms with E-state index in [1.54, 1.807) is 0 Å². The average molecular weight is 260 g/mol. The van der Waals surface area contributed by atoms with Gasteiger partial charge in [0, 0.05) is 18.2 Å². The minimum absolute atomic E-state index is 0.170. The van der Waals surface area contributed by atoms with Gasteiger partial charge in [-0.15, -0.1) is 0 Å². The molecule has 1 N–H and O–H groups in total. The number of hydrogen-bond donors (Lipinski definition) is 1. The van der Waals surface area contributed by atoms with Gasteiger partial charge in [-0.05, 0) is 44.0 Å². The summed E-state index contributed by atoms with van der Waals surface area (Å²) in [4.78, 5) is 14.6. The summed E-state index contributed by atoms with van der Waals surface area (Å²) in [5.41, 5.74) is 0.900. The molecule has 1 fully saturated rings. The van der Waals surface area contributed by atoms with Gasteiger partial charge < -0.3 is 10.2 Å². The molecule has 0 saturated carbocycles. The fourth-order valence-electron chi connectivity index (χ4n) is 2.66. The fourth-order valence-corrected chi connectivity index (χ4v) is 2.66. The number of piperidine rings is 1. The Morgan fingerprint density at radius 3 is 2.47 bits per heavy atom. The van der Waals surface area contributed by atoms with Crippen LogP contribution in [0.4, 0.5) is 5.69 Å². The van der Waals surface area contributed by atoms with Gasteiger partial charge in [0.25, 0.3) is 0 Å². The highest BCUT2D eigenvalue weighted by Crippen LogP contribution is 2.20. The van der Waals surface area contributed by atoms with Crippen molar-refractivity contribution in [2.24, 2.45) is 11.8 Å². The van der Waals surface area contributed by atoms with E-state index < -0.39 is 0 Å². The molecule has 0 bridgehead atoms. The van der Waals surface area contributed by atoms with Gasteiger partial charge >= 0.3 is 0 Å². The van der Waals surface area contributed by atoms with Crippen LogP contribution in [0.2, 0.25) is 0 Å². The molecule has 1 amide bonds. The number of benzene rings is 1. The van der Waals surface area contributed by atoms with Crippen molar-refractivity contribution in [1.82, 2.24) is 4.90 Å². The van der Waals surface area contributed by atoms with E-state index in [-0.39, 0.29) is 11.8 Å². The number of likely N-dealkylation sites (tertiary alicyclic amines) is 1. The molecule has 0 atom stereocenters. The van der Waals surface area contributed by atoms with Crippen molar-refractivity contribution in [3.63, 3.8) is 0 Å². The first-order valence-corrected chi connectivity index (χ1v) is 7.23. The maximum Gasteiger partial charge on any atom is 0.227 e. The lowest BCUT2D eigenvalue weighted by Gasteiger charge is -2.32. The Labute approximate surface area is 116 Å². The number of hydrogen-bond acceptors (Lipinski definition) is 2. The number of nitrogens with zero attached hydrogens (tertiary/aromatic N) is 1. The van der Waals surface area contributed by atoms with Gasteiger partial charge in [0.2, 0.25) is 5.91 Å². The third-order valence-corrected chi connectivity index (χ3v) is 3.62. The summed E-state index contributed by atoms with van der Waals surface area (Å²) in [6.07, 6.45) is 1.96. The topological polar surface area (TPSA) is 32.3 Å². The monoisotopic (exact) mass is 260 g/mol. The highest BCUT2D eigenvalue weighted by molar-refractivity contribution is 5.92. The molecular weight excluding hydrogens is 236 g/mol. The average Bonchev–Trinajstić information content (AvgIpc) is 2.40. The van der Waals surface area contributed by atoms with Crippen LogP contribution in [-0.4, -0.2) is 30.4 Å². The quantitative estimate of drug-likeness (QED) is 0.902. The zero-order chi connectivity index (χ0) is 13.7. The van der Waals surface area contributed by atoms with Crippen molar-refractivity contribution in [3.8, 4) is 0 Å². The Hall–Kier alpha value is -1.35. The van der Waals surface area contributed by atoms with Crippen molar-refractivity contribution in [1.29, 1.82) is 0 Å². The SMILES string of the molecule is CC(C)CN1CCC(C(=O)Nc2ccccc2)CC1. The van der Waals surface area contributed by atoms with Crippen LogP contribution in [-0.2, 0) is 4.79 Å². The molecule has 0 spiro atoms. The Kier molecular flexibility index (Phi) is 4.97. The van der Waals surface area contributed by atoms with Crippen molar-refractivity contribution in [2.75, 3.05) is 25.0 Å². The van der Waals surface area contributed by atoms with E-state index in [0.29, 0.717) is 5.92 Å². The largest absolute Gasteiger partial charge is 0.326 e. The molecular formula is C16H24N2O. The zero-order valence-electron chi connectivity index (χ0n) is 11.9. The molecule has 1 aromatic carbocycles. The molecule has 3 heteroatoms. The summed E-state index contributed by atoms with van der Waals surface area (Å²) in [5, 5.41) is 3.01. The smallest absolute Gasteiger partial charge is 0.227 e. The van der Waals surface area contributed by atoms with Gasteiger partial charge in [-0.3, -0.25) is 4.79 Å². The number of rotatable bonds is 4. The standard InChI is InChI=1S/C16H24N2O/c1-13(2)12-18-10-8-14(9-11-18)16(19)17-15-6-4-3-5-7-15/h3-7,13-14H,8-12H2,1-2H3,(H,17,19). The third-order valence-electron chi connectivity index (χ3n) is 3.62. The number of carbonyl (C=O) groups is 1. The Morgan fingerprint density at radius 1 is 1.26 bits per heavy atom. The second-order valence-electron chi connectivity index (χ2n) is 5.82. The van der Waals surface area contributed by atoms with E-state index >= 15 is 0 Å². The Bertz CT molecular complexity index is 394. The molecule has 1 aromatic rings. The van der Waals surface area contributed by atoms with Gasteiger partial charge in [0.15, 0.2) is 0 Å². The second kappa shape index (κ2) is 6.71. The van der Waals surface area contributed by atoms with E-state index in [0.717, 1.165) is 38.2 Å². The lowest BCUT2D eigenvalue weighted by atomic mass is 9.95. The van der Waals surface area contributed by atoms with Crippen LogP contribution < -0.4 is 5.32 Å². The van der Waals surface area contributed by atoms with Crippen LogP contribution in [0, 0.1) is 11.8 Å². The summed E-state index contributed by atoms with van der Waals surface area (Å²) >= 11 is 0. The summed E-state index contributed by atoms with van der Waals surface area (Å²) in [6, 6.07) is 9.72. The maximum absolute atomic E-state index is 12.2. The van der Waals surface area contributed by atoms with Crippen LogP contribution in [0.25, 0.3) is 0 Å². The van der Waals surface area contributed by atoms with Crippen LogP contribution in [0.5, 0.6) is 0 Å². The Morgan fingerprint density at radius 2 is 1.89 bits per heavy atom. The number of nitrogens with one attached hydrogen (secondary N) is 1. The zero-order valence-corrected chi connectivity index (χ0v) is 11.9. The van der Waals surface area contributed by atoms with E-state index in [9.17, 15) is 4.79 Å². The minimum atomic E-state index is 0.170. The molecule has 1 aliphatic rings. The van der Waals surface area contributed by atoms with Crippen molar-refractivity contribution in [3.05, 3.63) is 30.3 Å². The van der Waals surface area contributed by atoms with Crippen LogP contribution in [0.1, 0.15) is 26.7 Å². The molecule has 1 aliphatic heterocycles. The number of carbonyl (C=O) groups excluding carboxylic acids is 1. The Balaban J connectivity index is 1.79. The van der Waals surface area contributed by atoms with Crippen LogP contribution in [0.15, 0.2) is 30.3 Å². The van der Waals surface area contributed by atoms with Crippen LogP contribution in [0.3, 0.4) is 0 Å². The van der Waals surface area contributed by atoms with Gasteiger partial charge in [-0.1, -0.05) is 32.0 Å². The minimum Gasteiger partial charge on any atom is -0.326 e. The first-order valence-electron chi connectivity index (χ1n) is 7.23. The second-order valence-corrected chi connectivity index (χ2v) is 5.82. The van der Waals surface area contributed by atoms with Crippen LogP contribution >= 0.6 is 0 Å². The third kappa shape index (κ3) is 4.35. The molecule has 104 valence electrons. The molecule has 19 heavy (non-hydrogen) atoms. The molecule has 0 aliphatic carbocycles. The van der Waals surface area contributed by atoms with Crippen molar-refractivity contribution >= 4 is 11.6 Å². The maximum atomic E-state index is 12.2. The van der Waals surface area contributed by atoms with Crippen molar-refractivity contribution < 1.29 is 4.79 Å². The first kappa shape index (κ1) is 14.1. The van der Waals surface area contributed by atoms with Gasteiger partial charge in [-0.25, -0.2) is 0 Å². The summed E-state index contributed by atoms with van der Waals surface area (Å²) < 4.78 is 0. The summed E-state index contributed by atoms with van der Waals surface area (Å²) in [6.45, 7) is 7.73. The lowest BCUT2D eigenvalue weighted by Crippen LogP contribution is -2.39. The summed E-state index contributed by atoms with van der Waals surface area (Å²) in [5.74, 6) is 1.05. The highest BCUT2D eigenvalue weighted by atomic mass is 16.1. The number of para-hydroxylation sites is 1. The summed E-state index contributed by atoms with van der Waals surface area (Å²) in [7, 11) is 0. The predicted molar refractivity (Wildman–Crippen MR) is 79.1 cm³/mol. The lowest BCUT2D eigenvalue weighted by molar-refractivity contribution is -0.121. The van der Waals surface area contributed by atoms with Gasteiger partial charge in [0.1, 0.15) is 0 Å².